The molecular weight excluding hydrogens is 1420 g/mol. The van der Waals surface area contributed by atoms with Crippen LogP contribution in [0.5, 0.6) is 0 Å². The first-order valence-corrected chi connectivity index (χ1v) is 15.0. The molecule has 0 aliphatic rings. The van der Waals surface area contributed by atoms with Crippen molar-refractivity contribution in [3.63, 3.8) is 0 Å². The van der Waals surface area contributed by atoms with Crippen molar-refractivity contribution in [1.82, 2.24) is 0 Å². The summed E-state index contributed by atoms with van der Waals surface area (Å²) in [7, 11) is 5.22. The topological polar surface area (TPSA) is 109 Å². The molecule has 0 fully saturated rings. The maximum Gasteiger partial charge on any atom is 0.151 e. The Morgan fingerprint density at radius 2 is 0.818 bits per heavy atom. The van der Waals surface area contributed by atoms with E-state index in [0.29, 0.717) is 24.2 Å². The monoisotopic (exact) mass is 1480 g/mol. The molecule has 0 spiro atoms. The Kier molecular flexibility index (Phi) is 56.2. The summed E-state index contributed by atoms with van der Waals surface area (Å²) < 4.78 is 15.9. The third-order valence-corrected chi connectivity index (χ3v) is 7.45. The van der Waals surface area contributed by atoms with Gasteiger partial charge in [0.15, 0.2) is 6.29 Å². The van der Waals surface area contributed by atoms with E-state index in [0.717, 1.165) is 70.3 Å². The van der Waals surface area contributed by atoms with Crippen LogP contribution >= 0.6 is 0 Å². The Hall–Kier alpha value is 4.65. The molecule has 7 nitrogen and oxygen atoms in total. The molecule has 0 aromatic heterocycles. The maximum absolute atomic E-state index is 8.76. The number of allylic oxidation sites excluding steroid dienone is 2. The second-order valence-corrected chi connectivity index (χ2v) is 13.0. The largest absolute Gasteiger partial charge is 0.516 e. The molecule has 11 heteroatoms. The fourth-order valence-electron chi connectivity index (χ4n) is 3.85. The Morgan fingerprint density at radius 1 is 0.545 bits per heavy atom. The molecule has 4 radical (unpaired) electrons. The average Bonchev–Trinajstić information content (AvgIpc) is 2.84. The quantitative estimate of drug-likeness (QED) is 0.0760. The molecule has 0 saturated heterocycles. The van der Waals surface area contributed by atoms with Crippen LogP contribution in [-0.2, 0) is 14.2 Å². The van der Waals surface area contributed by atoms with Gasteiger partial charge in [-0.2, -0.15) is 0 Å². The summed E-state index contributed by atoms with van der Waals surface area (Å²) in [5.41, 5.74) is -0.0805. The molecule has 0 bridgehead atoms. The summed E-state index contributed by atoms with van der Waals surface area (Å²) in [5.74, 6) is 1.28. The summed E-state index contributed by atoms with van der Waals surface area (Å²) in [6.07, 6.45) is 14.9. The van der Waals surface area contributed by atoms with Gasteiger partial charge in [0.05, 0.1) is 29.3 Å². The molecule has 4 N–H and O–H groups in total. The Bertz CT molecular complexity index is 595. The van der Waals surface area contributed by atoms with E-state index in [1.165, 1.54) is 0 Å². The normalized spacial score (nSPS) is 13.6. The van der Waals surface area contributed by atoms with Crippen molar-refractivity contribution in [3.05, 3.63) is 24.7 Å². The van der Waals surface area contributed by atoms with E-state index in [1.54, 1.807) is 21.3 Å². The van der Waals surface area contributed by atoms with Crippen LogP contribution in [0.25, 0.3) is 0 Å². The third-order valence-electron chi connectivity index (χ3n) is 7.45. The van der Waals surface area contributed by atoms with E-state index < -0.39 is 6.29 Å². The molecular formula is C33H68Ac4O7. The molecule has 0 heterocycles. The van der Waals surface area contributed by atoms with Crippen molar-refractivity contribution >= 4 is 0 Å². The van der Waals surface area contributed by atoms with Crippen molar-refractivity contribution in [3.8, 4) is 0 Å². The average molecular weight is 1480 g/mol. The predicted octanol–water partition coefficient (Wildman–Crippen LogP) is 8.50. The third kappa shape index (κ3) is 48.8. The van der Waals surface area contributed by atoms with Crippen LogP contribution in [0.2, 0.25) is 0 Å². The summed E-state index contributed by atoms with van der Waals surface area (Å²) in [6, 6.07) is 0. The van der Waals surface area contributed by atoms with Gasteiger partial charge in [-0.1, -0.05) is 46.5 Å². The Labute approximate surface area is 416 Å². The smallest absolute Gasteiger partial charge is 0.151 e. The number of hydrogen-bond acceptors (Lipinski definition) is 7. The second kappa shape index (κ2) is 38.9. The fourth-order valence-corrected chi connectivity index (χ4v) is 3.85. The molecule has 0 aliphatic heterocycles. The van der Waals surface area contributed by atoms with Gasteiger partial charge < -0.3 is 34.6 Å². The standard InChI is InChI=1S/C11H24O3.2C11H22O2.4Ac/c1-9(8-10(12)13)6-5-7-11(2,3)14-4;2*1-10(7-9-12)6-5-8-11(2,3)13-4;;;;/h9-10,12-13H,5-8H2,1-4H3;2*7,9-10,12H,5-6,8H2,1-4H3;;;;/b;9-7+;9-7-;;;;/t9-;2*10-;;;;/m000..../s1. The van der Waals surface area contributed by atoms with E-state index in [2.05, 4.69) is 55.4 Å². The van der Waals surface area contributed by atoms with Crippen molar-refractivity contribution in [2.24, 2.45) is 17.8 Å². The molecule has 0 amide bonds. The molecule has 3 atom stereocenters. The van der Waals surface area contributed by atoms with E-state index >= 15 is 0 Å². The SMILES string of the molecule is COC(C)(C)CCC[C@H](C)/C=C/O.COC(C)(C)CCC[C@H](C)/C=C\O.COC(C)(C)CCC[C@H](C)CC(O)O.[Ac].[Ac].[Ac].[Ac]. The first-order valence-electron chi connectivity index (χ1n) is 15.0. The number of aliphatic hydroxyl groups excluding tert-OH is 3. The van der Waals surface area contributed by atoms with E-state index in [-0.39, 0.29) is 193 Å². The minimum Gasteiger partial charge on any atom is -0.516 e. The van der Waals surface area contributed by atoms with Gasteiger partial charge in [-0.05, 0) is 104 Å². The van der Waals surface area contributed by atoms with Crippen LogP contribution < -0.4 is 0 Å². The minimum atomic E-state index is -1.17. The number of hydrogen-bond donors (Lipinski definition) is 4. The van der Waals surface area contributed by atoms with Gasteiger partial charge in [0.1, 0.15) is 0 Å². The first-order chi connectivity index (χ1) is 18.4. The molecule has 0 saturated carbocycles. The van der Waals surface area contributed by atoms with Crippen LogP contribution in [0.1, 0.15) is 127 Å². The molecule has 0 unspecified atom stereocenters. The van der Waals surface area contributed by atoms with Crippen molar-refractivity contribution in [1.29, 1.82) is 0 Å². The van der Waals surface area contributed by atoms with E-state index in [9.17, 15) is 0 Å². The summed E-state index contributed by atoms with van der Waals surface area (Å²) >= 11 is 0. The number of rotatable bonds is 19. The molecule has 0 aliphatic carbocycles. The van der Waals surface area contributed by atoms with Crippen molar-refractivity contribution in [2.45, 2.75) is 150 Å². The van der Waals surface area contributed by atoms with E-state index in [4.69, 9.17) is 34.6 Å². The first kappa shape index (κ1) is 63.7. The van der Waals surface area contributed by atoms with Gasteiger partial charge in [0, 0.05) is 204 Å². The fraction of sp³-hybridized carbons (Fsp3) is 0.879. The summed E-state index contributed by atoms with van der Waals surface area (Å²) in [4.78, 5) is 0. The molecule has 44 heavy (non-hydrogen) atoms. The maximum atomic E-state index is 8.76. The van der Waals surface area contributed by atoms with Crippen LogP contribution in [0.3, 0.4) is 0 Å². The second-order valence-electron chi connectivity index (χ2n) is 13.0. The zero-order valence-electron chi connectivity index (χ0n) is 30.5. The van der Waals surface area contributed by atoms with Crippen LogP contribution in [0.4, 0.5) is 0 Å². The zero-order chi connectivity index (χ0) is 31.8. The Balaban J connectivity index is -0.0000000894. The van der Waals surface area contributed by atoms with E-state index in [1.807, 2.05) is 19.1 Å². The summed E-state index contributed by atoms with van der Waals surface area (Å²) in [5, 5.41) is 34.6. The van der Waals surface area contributed by atoms with Gasteiger partial charge in [-0.15, -0.1) is 0 Å². The van der Waals surface area contributed by atoms with Gasteiger partial charge in [-0.3, -0.25) is 0 Å². The van der Waals surface area contributed by atoms with Crippen molar-refractivity contribution < 1.29 is 211 Å². The molecule has 0 aromatic rings. The van der Waals surface area contributed by atoms with Crippen LogP contribution in [-0.4, -0.2) is 64.8 Å². The number of methoxy groups -OCH3 is 3. The van der Waals surface area contributed by atoms with Crippen molar-refractivity contribution in [2.75, 3.05) is 21.3 Å². The summed E-state index contributed by atoms with van der Waals surface area (Å²) in [6.45, 7) is 18.8. The van der Waals surface area contributed by atoms with Gasteiger partial charge in [0.2, 0.25) is 0 Å². The zero-order valence-corrected chi connectivity index (χ0v) is 49.5. The van der Waals surface area contributed by atoms with Gasteiger partial charge in [0.25, 0.3) is 0 Å². The van der Waals surface area contributed by atoms with Gasteiger partial charge in [-0.25, -0.2) is 0 Å². The number of ether oxygens (including phenoxy) is 3. The van der Waals surface area contributed by atoms with Crippen LogP contribution in [0.15, 0.2) is 24.7 Å². The molecule has 0 rings (SSSR count). The molecule has 0 aromatic carbocycles. The minimum absolute atomic E-state index is 0. The van der Waals surface area contributed by atoms with Crippen LogP contribution in [0, 0.1) is 194 Å². The van der Waals surface area contributed by atoms with Gasteiger partial charge >= 0.3 is 0 Å². The number of aliphatic hydroxyl groups is 4. The Morgan fingerprint density at radius 3 is 1.05 bits per heavy atom. The predicted molar refractivity (Wildman–Crippen MR) is 169 cm³/mol. The molecule has 254 valence electrons.